The van der Waals surface area contributed by atoms with Gasteiger partial charge in [0.2, 0.25) is 11.9 Å². The minimum absolute atomic E-state index is 0.199. The summed E-state index contributed by atoms with van der Waals surface area (Å²) in [5, 5.41) is 4.64. The molecule has 0 atom stereocenters. The van der Waals surface area contributed by atoms with E-state index in [4.69, 9.17) is 29.9 Å². The van der Waals surface area contributed by atoms with E-state index in [2.05, 4.69) is 368 Å². The molecule has 0 bridgehead atoms. The van der Waals surface area contributed by atoms with Crippen LogP contribution in [0.1, 0.15) is 99.9 Å². The van der Waals surface area contributed by atoms with Gasteiger partial charge in [-0.2, -0.15) is 19.9 Å². The van der Waals surface area contributed by atoms with Gasteiger partial charge in [-0.25, -0.2) is 9.97 Å². The number of hydrogen-bond acceptors (Lipinski definition) is 6. The first-order valence-corrected chi connectivity index (χ1v) is 38.3. The maximum Gasteiger partial charge on any atom is 0.238 e. The summed E-state index contributed by atoms with van der Waals surface area (Å²) in [7, 11) is 0. The Morgan fingerprint density at radius 3 is 0.973 bits per heavy atom. The Balaban J connectivity index is 0.623. The zero-order valence-corrected chi connectivity index (χ0v) is 62.4. The summed E-state index contributed by atoms with van der Waals surface area (Å²) in [5.74, 6) is 3.60. The van der Waals surface area contributed by atoms with Gasteiger partial charge in [0.15, 0.2) is 23.3 Å². The molecule has 8 nitrogen and oxygen atoms in total. The summed E-state index contributed by atoms with van der Waals surface area (Å²) in [6.07, 6.45) is 0. The Kier molecular flexibility index (Phi) is 13.4. The van der Waals surface area contributed by atoms with Crippen LogP contribution in [0.3, 0.4) is 0 Å². The minimum atomic E-state index is -0.333. The third kappa shape index (κ3) is 9.32. The first kappa shape index (κ1) is 63.9. The van der Waals surface area contributed by atoms with Crippen molar-refractivity contribution in [2.75, 3.05) is 0 Å². The lowest BCUT2D eigenvalue weighted by molar-refractivity contribution is 0.660. The lowest BCUT2D eigenvalue weighted by atomic mass is 9.81. The number of hydrogen-bond donors (Lipinski definition) is 0. The molecule has 0 radical (unpaired) electrons. The van der Waals surface area contributed by atoms with Crippen molar-refractivity contribution < 1.29 is 0 Å². The van der Waals surface area contributed by atoms with E-state index in [0.29, 0.717) is 35.2 Å². The molecule has 0 N–H and O–H groups in total. The van der Waals surface area contributed by atoms with Gasteiger partial charge in [-0.1, -0.05) is 298 Å². The molecule has 4 aliphatic carbocycles. The van der Waals surface area contributed by atoms with Crippen LogP contribution >= 0.6 is 0 Å². The topological polar surface area (TPSA) is 87.2 Å². The van der Waals surface area contributed by atoms with Crippen LogP contribution in [0, 0.1) is 0 Å². The number of nitrogens with zero attached hydrogens (tertiary/aromatic N) is 8. The average molecular weight is 1410 g/mol. The first-order chi connectivity index (χ1) is 53.5. The van der Waals surface area contributed by atoms with Gasteiger partial charge in [0, 0.05) is 65.5 Å². The Labute approximate surface area is 638 Å². The van der Waals surface area contributed by atoms with E-state index < -0.39 is 0 Å². The maximum absolute atomic E-state index is 5.61. The molecular weight excluding hydrogens is 1340 g/mol. The first-order valence-electron chi connectivity index (χ1n) is 38.3. The van der Waals surface area contributed by atoms with Gasteiger partial charge >= 0.3 is 0 Å². The van der Waals surface area contributed by atoms with Crippen molar-refractivity contribution in [1.29, 1.82) is 0 Å². The molecule has 22 rings (SSSR count). The van der Waals surface area contributed by atoms with Crippen molar-refractivity contribution >= 4 is 43.6 Å². The lowest BCUT2D eigenvalue weighted by Crippen LogP contribution is -2.15. The van der Waals surface area contributed by atoms with Gasteiger partial charge in [-0.15, -0.1) is 0 Å². The van der Waals surface area contributed by atoms with Crippen molar-refractivity contribution in [2.45, 2.75) is 77.0 Å². The molecule has 14 aromatic carbocycles. The maximum atomic E-state index is 5.61. The van der Waals surface area contributed by atoms with Crippen molar-refractivity contribution in [3.05, 3.63) is 348 Å². The number of benzene rings is 14. The predicted molar refractivity (Wildman–Crippen MR) is 450 cm³/mol. The van der Waals surface area contributed by atoms with Crippen molar-refractivity contribution in [2.24, 2.45) is 0 Å². The minimum Gasteiger partial charge on any atom is -0.278 e. The van der Waals surface area contributed by atoms with Gasteiger partial charge in [-0.05, 0) is 183 Å². The predicted octanol–water partition coefficient (Wildman–Crippen LogP) is 25.1. The second kappa shape index (κ2) is 23.1. The molecule has 0 amide bonds. The molecule has 0 saturated heterocycles. The largest absolute Gasteiger partial charge is 0.278 e. The Morgan fingerprint density at radius 1 is 0.182 bits per heavy atom. The fraction of sp³-hybridized carbons (Fsp3) is 0.118. The van der Waals surface area contributed by atoms with E-state index >= 15 is 0 Å². The molecule has 522 valence electrons. The van der Waals surface area contributed by atoms with Gasteiger partial charge in [0.1, 0.15) is 0 Å². The summed E-state index contributed by atoms with van der Waals surface area (Å²) in [5.41, 5.74) is 34.3. The van der Waals surface area contributed by atoms with Gasteiger partial charge in [-0.3, -0.25) is 9.13 Å². The van der Waals surface area contributed by atoms with Gasteiger partial charge in [0.25, 0.3) is 0 Å². The van der Waals surface area contributed by atoms with Crippen LogP contribution in [0.4, 0.5) is 0 Å². The molecule has 4 aromatic heterocycles. The summed E-state index contributed by atoms with van der Waals surface area (Å²) >= 11 is 0. The summed E-state index contributed by atoms with van der Waals surface area (Å²) in [6, 6.07) is 111. The van der Waals surface area contributed by atoms with Crippen LogP contribution in [-0.4, -0.2) is 39.0 Å². The highest BCUT2D eigenvalue weighted by molar-refractivity contribution is 6.13. The molecule has 0 unspecified atom stereocenters. The van der Waals surface area contributed by atoms with Crippen molar-refractivity contribution in [3.63, 3.8) is 0 Å². The Morgan fingerprint density at radius 2 is 0.491 bits per heavy atom. The summed E-state index contributed by atoms with van der Waals surface area (Å²) in [4.78, 5) is 32.9. The molecule has 4 aliphatic rings. The van der Waals surface area contributed by atoms with Crippen LogP contribution in [-0.2, 0) is 21.7 Å². The summed E-state index contributed by atoms with van der Waals surface area (Å²) < 4.78 is 4.54. The fourth-order valence-corrected chi connectivity index (χ4v) is 19.3. The molecule has 0 saturated carbocycles. The van der Waals surface area contributed by atoms with E-state index in [1.54, 1.807) is 0 Å². The number of aromatic nitrogens is 8. The molecule has 18 aromatic rings. The van der Waals surface area contributed by atoms with Crippen LogP contribution < -0.4 is 0 Å². The van der Waals surface area contributed by atoms with Crippen LogP contribution in [0.15, 0.2) is 303 Å². The van der Waals surface area contributed by atoms with E-state index in [1.165, 1.54) is 94.4 Å². The molecule has 110 heavy (non-hydrogen) atoms. The third-order valence-corrected chi connectivity index (χ3v) is 25.1. The fourth-order valence-electron chi connectivity index (χ4n) is 19.3. The number of para-hydroxylation sites is 2. The van der Waals surface area contributed by atoms with Gasteiger partial charge in [0.05, 0.1) is 22.1 Å². The molecular formula is C102H74N8. The monoisotopic (exact) mass is 1410 g/mol. The third-order valence-electron chi connectivity index (χ3n) is 25.1. The van der Waals surface area contributed by atoms with E-state index in [9.17, 15) is 0 Å². The standard InChI is InChI=1S/C102H74N8/c1-99(2)81-32-17-12-27-69(81)72-48-45-67(53-85(72)99)95-104-96(108-98(107-95)110-90-36-21-16-31-75(90)80-56-78-71-29-14-19-34-83(71)101(5,6)88(78)58-92(80)110)68-46-49-73-76-52-66(47-50-84(76)102(7,8)86(73)54-68)65-26-22-25-64(51-65)61-39-43-63(44-40-61)94-103-93(62-41-37-60(38-42-62)59-23-10-9-11-24-59)105-97(106-94)109-89-35-20-15-30-74(89)79-55-77-70-28-13-18-33-82(70)100(3,4)87(77)57-91(79)109/h9-58H,1-8H3. The Bertz CT molecular complexity index is 7010. The highest BCUT2D eigenvalue weighted by atomic mass is 15.2. The van der Waals surface area contributed by atoms with Crippen molar-refractivity contribution in [1.82, 2.24) is 39.0 Å². The van der Waals surface area contributed by atoms with E-state index in [1.807, 2.05) is 0 Å². The molecule has 8 heteroatoms. The van der Waals surface area contributed by atoms with Crippen LogP contribution in [0.25, 0.3) is 179 Å². The zero-order valence-electron chi connectivity index (χ0n) is 62.4. The molecule has 0 aliphatic heterocycles. The van der Waals surface area contributed by atoms with Crippen molar-refractivity contribution in [3.8, 4) is 135 Å². The Hall–Kier alpha value is -13.3. The summed E-state index contributed by atoms with van der Waals surface area (Å²) in [6.45, 7) is 18.8. The number of rotatable bonds is 9. The number of fused-ring (bicyclic) bond motifs is 18. The molecule has 0 spiro atoms. The van der Waals surface area contributed by atoms with E-state index in [-0.39, 0.29) is 21.7 Å². The average Bonchev–Trinajstić information content (AvgIpc) is 1.56. The second-order valence-corrected chi connectivity index (χ2v) is 32.6. The quantitative estimate of drug-likeness (QED) is 0.143. The van der Waals surface area contributed by atoms with E-state index in [0.717, 1.165) is 93.9 Å². The highest BCUT2D eigenvalue weighted by Crippen LogP contribution is 2.56. The second-order valence-electron chi connectivity index (χ2n) is 32.6. The highest BCUT2D eigenvalue weighted by Gasteiger charge is 2.41. The van der Waals surface area contributed by atoms with Crippen LogP contribution in [0.5, 0.6) is 0 Å². The molecule has 4 heterocycles. The van der Waals surface area contributed by atoms with Gasteiger partial charge < -0.3 is 0 Å². The zero-order chi connectivity index (χ0) is 73.8. The smallest absolute Gasteiger partial charge is 0.238 e. The normalized spacial score (nSPS) is 14.7. The van der Waals surface area contributed by atoms with Crippen LogP contribution in [0.2, 0.25) is 0 Å². The lowest BCUT2D eigenvalue weighted by Gasteiger charge is -2.22. The SMILES string of the molecule is CC1(C)c2ccccc2-c2ccc(-c3nc(-c4ccc5c(c4)C(C)(C)c4ccc(-c6cccc(-c7ccc(-c8nc(-c9ccc(-c%10ccccc%10)cc9)nc(-n9c%10ccccc%10c%10cc%11c(cc%109)C(C)(C)c9ccccc9-%11)n8)cc7)c6)cc4-5)nc(-n4c5ccccc5c5cc6c(cc54)C(C)(C)c4ccccc4-6)n3)cc21. The molecule has 0 fully saturated rings.